The third kappa shape index (κ3) is 2.40. The molecule has 3 rings (SSSR count). The van der Waals surface area contributed by atoms with Crippen molar-refractivity contribution in [1.29, 1.82) is 0 Å². The summed E-state index contributed by atoms with van der Waals surface area (Å²) in [5.41, 5.74) is 4.42. The molecule has 19 heavy (non-hydrogen) atoms. The molecule has 0 aliphatic heterocycles. The lowest BCUT2D eigenvalue weighted by atomic mass is 10.1. The lowest BCUT2D eigenvalue weighted by Gasteiger charge is -2.09. The minimum absolute atomic E-state index is 0.847. The van der Waals surface area contributed by atoms with E-state index in [0.29, 0.717) is 0 Å². The lowest BCUT2D eigenvalue weighted by Crippen LogP contribution is -1.96. The summed E-state index contributed by atoms with van der Waals surface area (Å²) in [5.74, 6) is 0.847. The third-order valence-corrected chi connectivity index (χ3v) is 3.07. The molecule has 0 amide bonds. The molecule has 3 heteroatoms. The van der Waals surface area contributed by atoms with Crippen LogP contribution in [0.5, 0.6) is 0 Å². The van der Waals surface area contributed by atoms with Gasteiger partial charge in [-0.25, -0.2) is 9.97 Å². The van der Waals surface area contributed by atoms with Crippen molar-refractivity contribution < 1.29 is 0 Å². The highest BCUT2D eigenvalue weighted by atomic mass is 15.0. The number of fused-ring (bicyclic) bond motifs is 1. The Labute approximate surface area is 112 Å². The predicted molar refractivity (Wildman–Crippen MR) is 78.7 cm³/mol. The first kappa shape index (κ1) is 11.7. The van der Waals surface area contributed by atoms with E-state index in [0.717, 1.165) is 22.4 Å². The van der Waals surface area contributed by atoms with Gasteiger partial charge in [-0.2, -0.15) is 0 Å². The largest absolute Gasteiger partial charge is 0.340 e. The molecule has 1 heterocycles. The van der Waals surface area contributed by atoms with Crippen molar-refractivity contribution in [2.45, 2.75) is 13.8 Å². The van der Waals surface area contributed by atoms with E-state index >= 15 is 0 Å². The fourth-order valence-electron chi connectivity index (χ4n) is 2.13. The standard InChI is InChI=1S/C16H15N3/c1-11-4-3-5-13(8-11)19-16-14-9-12(2)6-7-15(14)17-10-18-16/h3-10H,1-2H3,(H,17,18,19). The van der Waals surface area contributed by atoms with Gasteiger partial charge in [-0.3, -0.25) is 0 Å². The first-order valence-electron chi connectivity index (χ1n) is 6.27. The fourth-order valence-corrected chi connectivity index (χ4v) is 2.13. The van der Waals surface area contributed by atoms with Crippen molar-refractivity contribution in [1.82, 2.24) is 9.97 Å². The summed E-state index contributed by atoms with van der Waals surface area (Å²) in [7, 11) is 0. The molecule has 0 saturated heterocycles. The van der Waals surface area contributed by atoms with E-state index in [2.05, 4.69) is 53.4 Å². The van der Waals surface area contributed by atoms with Gasteiger partial charge >= 0.3 is 0 Å². The van der Waals surface area contributed by atoms with E-state index in [9.17, 15) is 0 Å². The number of aromatic nitrogens is 2. The zero-order chi connectivity index (χ0) is 13.2. The fraction of sp³-hybridized carbons (Fsp3) is 0.125. The number of nitrogens with zero attached hydrogens (tertiary/aromatic N) is 2. The van der Waals surface area contributed by atoms with Crippen LogP contribution in [0, 0.1) is 13.8 Å². The van der Waals surface area contributed by atoms with E-state index in [4.69, 9.17) is 0 Å². The van der Waals surface area contributed by atoms with Crippen LogP contribution in [0.1, 0.15) is 11.1 Å². The molecule has 0 bridgehead atoms. The zero-order valence-corrected chi connectivity index (χ0v) is 11.0. The number of nitrogens with one attached hydrogen (secondary N) is 1. The molecule has 0 saturated carbocycles. The van der Waals surface area contributed by atoms with Crippen LogP contribution in [0.4, 0.5) is 11.5 Å². The Kier molecular flexibility index (Phi) is 2.88. The third-order valence-electron chi connectivity index (χ3n) is 3.07. The van der Waals surface area contributed by atoms with Crippen molar-refractivity contribution in [3.63, 3.8) is 0 Å². The monoisotopic (exact) mass is 249 g/mol. The average Bonchev–Trinajstić information content (AvgIpc) is 2.39. The molecule has 3 aromatic rings. The van der Waals surface area contributed by atoms with E-state index in [-0.39, 0.29) is 0 Å². The molecular weight excluding hydrogens is 234 g/mol. The van der Waals surface area contributed by atoms with Crippen LogP contribution in [0.25, 0.3) is 10.9 Å². The highest BCUT2D eigenvalue weighted by molar-refractivity contribution is 5.91. The number of hydrogen-bond donors (Lipinski definition) is 1. The first-order valence-corrected chi connectivity index (χ1v) is 6.27. The minimum atomic E-state index is 0.847. The summed E-state index contributed by atoms with van der Waals surface area (Å²) in [6.45, 7) is 4.15. The molecule has 0 radical (unpaired) electrons. The molecule has 3 nitrogen and oxygen atoms in total. The van der Waals surface area contributed by atoms with Crippen LogP contribution in [0.3, 0.4) is 0 Å². The topological polar surface area (TPSA) is 37.8 Å². The van der Waals surface area contributed by atoms with Crippen LogP contribution < -0.4 is 5.32 Å². The van der Waals surface area contributed by atoms with E-state index in [1.54, 1.807) is 6.33 Å². The molecule has 0 atom stereocenters. The Morgan fingerprint density at radius 2 is 1.74 bits per heavy atom. The number of anilines is 2. The smallest absolute Gasteiger partial charge is 0.141 e. The zero-order valence-electron chi connectivity index (χ0n) is 11.0. The second-order valence-electron chi connectivity index (χ2n) is 4.74. The Hall–Kier alpha value is -2.42. The van der Waals surface area contributed by atoms with Gasteiger partial charge in [0.05, 0.1) is 5.52 Å². The molecule has 0 fully saturated rings. The van der Waals surface area contributed by atoms with Gasteiger partial charge in [0, 0.05) is 11.1 Å². The van der Waals surface area contributed by atoms with Crippen molar-refractivity contribution >= 4 is 22.4 Å². The summed E-state index contributed by atoms with van der Waals surface area (Å²) >= 11 is 0. The van der Waals surface area contributed by atoms with Gasteiger partial charge in [-0.1, -0.05) is 23.8 Å². The number of aryl methyl sites for hydroxylation is 2. The molecule has 2 aromatic carbocycles. The molecule has 0 aliphatic rings. The van der Waals surface area contributed by atoms with Gasteiger partial charge < -0.3 is 5.32 Å². The molecular formula is C16H15N3. The van der Waals surface area contributed by atoms with E-state index < -0.39 is 0 Å². The summed E-state index contributed by atoms with van der Waals surface area (Å²) in [6, 6.07) is 14.4. The minimum Gasteiger partial charge on any atom is -0.340 e. The molecule has 0 unspecified atom stereocenters. The molecule has 1 aromatic heterocycles. The van der Waals surface area contributed by atoms with E-state index in [1.165, 1.54) is 11.1 Å². The van der Waals surface area contributed by atoms with Gasteiger partial charge in [0.25, 0.3) is 0 Å². The van der Waals surface area contributed by atoms with Gasteiger partial charge in [-0.05, 0) is 43.7 Å². The number of rotatable bonds is 2. The Morgan fingerprint density at radius 1 is 0.895 bits per heavy atom. The first-order chi connectivity index (χ1) is 9.22. The predicted octanol–water partition coefficient (Wildman–Crippen LogP) is 3.99. The van der Waals surface area contributed by atoms with Gasteiger partial charge in [0.15, 0.2) is 0 Å². The second kappa shape index (κ2) is 4.69. The van der Waals surface area contributed by atoms with Crippen molar-refractivity contribution in [3.05, 3.63) is 59.9 Å². The van der Waals surface area contributed by atoms with Crippen molar-refractivity contribution in [2.24, 2.45) is 0 Å². The molecule has 94 valence electrons. The maximum absolute atomic E-state index is 4.35. The van der Waals surface area contributed by atoms with Crippen molar-refractivity contribution in [2.75, 3.05) is 5.32 Å². The number of hydrogen-bond acceptors (Lipinski definition) is 3. The quantitative estimate of drug-likeness (QED) is 0.746. The normalized spacial score (nSPS) is 10.6. The summed E-state index contributed by atoms with van der Waals surface area (Å²) in [6.07, 6.45) is 1.59. The highest BCUT2D eigenvalue weighted by Gasteiger charge is 2.04. The number of benzene rings is 2. The maximum atomic E-state index is 4.35. The van der Waals surface area contributed by atoms with Crippen LogP contribution >= 0.6 is 0 Å². The molecule has 1 N–H and O–H groups in total. The average molecular weight is 249 g/mol. The van der Waals surface area contributed by atoms with Crippen LogP contribution in [0.15, 0.2) is 48.8 Å². The maximum Gasteiger partial charge on any atom is 0.141 e. The summed E-state index contributed by atoms with van der Waals surface area (Å²) in [5, 5.41) is 4.41. The molecule has 0 spiro atoms. The Morgan fingerprint density at radius 3 is 2.58 bits per heavy atom. The Bertz CT molecular complexity index is 735. The summed E-state index contributed by atoms with van der Waals surface area (Å²) in [4.78, 5) is 8.64. The lowest BCUT2D eigenvalue weighted by molar-refractivity contribution is 1.21. The van der Waals surface area contributed by atoms with Gasteiger partial charge in [-0.15, -0.1) is 0 Å². The summed E-state index contributed by atoms with van der Waals surface area (Å²) < 4.78 is 0. The van der Waals surface area contributed by atoms with Crippen LogP contribution in [0.2, 0.25) is 0 Å². The van der Waals surface area contributed by atoms with Gasteiger partial charge in [0.2, 0.25) is 0 Å². The van der Waals surface area contributed by atoms with E-state index in [1.807, 2.05) is 18.2 Å². The Balaban J connectivity index is 2.07. The highest BCUT2D eigenvalue weighted by Crippen LogP contribution is 2.24. The molecule has 0 aliphatic carbocycles. The van der Waals surface area contributed by atoms with Crippen LogP contribution in [-0.2, 0) is 0 Å². The SMILES string of the molecule is Cc1cccc(Nc2ncnc3ccc(C)cc23)c1. The van der Waals surface area contributed by atoms with Gasteiger partial charge in [0.1, 0.15) is 12.1 Å². The van der Waals surface area contributed by atoms with Crippen LogP contribution in [-0.4, -0.2) is 9.97 Å². The second-order valence-corrected chi connectivity index (χ2v) is 4.74. The van der Waals surface area contributed by atoms with Crippen molar-refractivity contribution in [3.8, 4) is 0 Å².